The van der Waals surface area contributed by atoms with E-state index in [-0.39, 0.29) is 11.1 Å². The van der Waals surface area contributed by atoms with E-state index in [1.54, 1.807) is 17.7 Å². The molecule has 5 heteroatoms. The fourth-order valence-electron chi connectivity index (χ4n) is 2.93. The van der Waals surface area contributed by atoms with Crippen molar-refractivity contribution in [3.8, 4) is 22.5 Å². The van der Waals surface area contributed by atoms with Crippen molar-refractivity contribution in [2.24, 2.45) is 7.05 Å². The summed E-state index contributed by atoms with van der Waals surface area (Å²) < 4.78 is 6.79. The van der Waals surface area contributed by atoms with Gasteiger partial charge in [-0.25, -0.2) is 4.79 Å². The molecule has 0 saturated carbocycles. The van der Waals surface area contributed by atoms with Gasteiger partial charge in [-0.2, -0.15) is 4.98 Å². The molecule has 2 heterocycles. The Labute approximate surface area is 142 Å². The molecule has 5 nitrogen and oxygen atoms in total. The van der Waals surface area contributed by atoms with Gasteiger partial charge in [-0.15, -0.1) is 0 Å². The fourth-order valence-corrected chi connectivity index (χ4v) is 2.93. The molecule has 0 amide bonds. The molecule has 0 atom stereocenters. The molecule has 2 aromatic carbocycles. The molecule has 2 aromatic heterocycles. The van der Waals surface area contributed by atoms with Crippen molar-refractivity contribution in [1.82, 2.24) is 9.55 Å². The van der Waals surface area contributed by atoms with E-state index in [9.17, 15) is 9.59 Å². The molecule has 0 bridgehead atoms. The Morgan fingerprint density at radius 1 is 0.880 bits per heavy atom. The Kier molecular flexibility index (Phi) is 3.54. The summed E-state index contributed by atoms with van der Waals surface area (Å²) in [7, 11) is 1.70. The zero-order chi connectivity index (χ0) is 17.4. The molecule has 122 valence electrons. The van der Waals surface area contributed by atoms with E-state index >= 15 is 0 Å². The fraction of sp³-hybridized carbons (Fsp3) is 0.0500. The average molecular weight is 330 g/mol. The number of hydrogen-bond acceptors (Lipinski definition) is 4. The van der Waals surface area contributed by atoms with Gasteiger partial charge >= 0.3 is 5.76 Å². The Morgan fingerprint density at radius 3 is 2.12 bits per heavy atom. The van der Waals surface area contributed by atoms with Gasteiger partial charge in [0, 0.05) is 18.7 Å². The first-order valence-electron chi connectivity index (χ1n) is 7.81. The summed E-state index contributed by atoms with van der Waals surface area (Å²) in [6.07, 6.45) is 0. The van der Waals surface area contributed by atoms with E-state index in [0.717, 1.165) is 5.56 Å². The van der Waals surface area contributed by atoms with Crippen LogP contribution in [0.25, 0.3) is 33.5 Å². The molecule has 0 aliphatic heterocycles. The summed E-state index contributed by atoms with van der Waals surface area (Å²) in [4.78, 5) is 28.9. The number of fused-ring (bicyclic) bond motifs is 1. The van der Waals surface area contributed by atoms with Crippen LogP contribution in [0.3, 0.4) is 0 Å². The highest BCUT2D eigenvalue weighted by atomic mass is 16.4. The highest BCUT2D eigenvalue weighted by Crippen LogP contribution is 2.26. The number of aromatic nitrogens is 2. The van der Waals surface area contributed by atoms with Crippen LogP contribution >= 0.6 is 0 Å². The topological polar surface area (TPSA) is 65.1 Å². The molecule has 4 aromatic rings. The molecular weight excluding hydrogens is 316 g/mol. The van der Waals surface area contributed by atoms with Crippen LogP contribution in [0.15, 0.2) is 80.7 Å². The Morgan fingerprint density at radius 2 is 1.48 bits per heavy atom. The minimum atomic E-state index is -0.724. The summed E-state index contributed by atoms with van der Waals surface area (Å²) in [5.41, 5.74) is 2.56. The molecule has 0 aliphatic rings. The van der Waals surface area contributed by atoms with Crippen LogP contribution in [0.5, 0.6) is 0 Å². The van der Waals surface area contributed by atoms with E-state index in [1.165, 1.54) is 0 Å². The third-order valence-corrected chi connectivity index (χ3v) is 4.15. The first-order chi connectivity index (χ1) is 12.1. The maximum absolute atomic E-state index is 13.0. The molecule has 0 fully saturated rings. The second kappa shape index (κ2) is 5.87. The zero-order valence-electron chi connectivity index (χ0n) is 13.5. The van der Waals surface area contributed by atoms with E-state index in [4.69, 9.17) is 4.42 Å². The smallest absolute Gasteiger partial charge is 0.408 e. The molecule has 0 saturated heterocycles. The maximum atomic E-state index is 13.0. The summed E-state index contributed by atoms with van der Waals surface area (Å²) in [6.45, 7) is 0. The number of nitrogens with zero attached hydrogens (tertiary/aromatic N) is 2. The quantitative estimate of drug-likeness (QED) is 0.566. The summed E-state index contributed by atoms with van der Waals surface area (Å²) in [6, 6.07) is 20.4. The lowest BCUT2D eigenvalue weighted by Gasteiger charge is -2.11. The molecule has 0 N–H and O–H groups in total. The largest absolute Gasteiger partial charge is 0.439 e. The van der Waals surface area contributed by atoms with Gasteiger partial charge in [-0.05, 0) is 5.56 Å². The maximum Gasteiger partial charge on any atom is 0.439 e. The predicted octanol–water partition coefficient (Wildman–Crippen LogP) is 3.22. The molecule has 4 rings (SSSR count). The number of rotatable bonds is 2. The zero-order valence-corrected chi connectivity index (χ0v) is 13.5. The molecule has 0 aliphatic carbocycles. The third-order valence-electron chi connectivity index (χ3n) is 4.15. The van der Waals surface area contributed by atoms with Gasteiger partial charge in [0.1, 0.15) is 11.0 Å². The lowest BCUT2D eigenvalue weighted by Crippen LogP contribution is -2.21. The lowest BCUT2D eigenvalue weighted by atomic mass is 10.1. The van der Waals surface area contributed by atoms with E-state index in [0.29, 0.717) is 22.3 Å². The van der Waals surface area contributed by atoms with Crippen LogP contribution < -0.4 is 11.3 Å². The normalized spacial score (nSPS) is 10.9. The lowest BCUT2D eigenvalue weighted by molar-refractivity contribution is 0.531. The van der Waals surface area contributed by atoms with Crippen LogP contribution in [0, 0.1) is 0 Å². The molecular formula is C20H14N2O3. The van der Waals surface area contributed by atoms with E-state index in [2.05, 4.69) is 4.98 Å². The van der Waals surface area contributed by atoms with Crippen molar-refractivity contribution in [3.05, 3.63) is 87.6 Å². The van der Waals surface area contributed by atoms with E-state index < -0.39 is 5.76 Å². The third kappa shape index (κ3) is 2.55. The standard InChI is InChI=1S/C20H14N2O3/c1-22-15(13-8-4-2-5-9-13)12-16-17(19(22)23)18(21-20(24)25-16)14-10-6-3-7-11-14/h2-12H,1H3. The minimum absolute atomic E-state index is 0.237. The first kappa shape index (κ1) is 15.1. The monoisotopic (exact) mass is 330 g/mol. The van der Waals surface area contributed by atoms with Gasteiger partial charge in [-0.1, -0.05) is 60.7 Å². The van der Waals surface area contributed by atoms with Crippen molar-refractivity contribution in [2.45, 2.75) is 0 Å². The van der Waals surface area contributed by atoms with Crippen LogP contribution in [0.4, 0.5) is 0 Å². The van der Waals surface area contributed by atoms with Gasteiger partial charge in [0.15, 0.2) is 0 Å². The van der Waals surface area contributed by atoms with Crippen LogP contribution in [0.2, 0.25) is 0 Å². The van der Waals surface area contributed by atoms with Crippen molar-refractivity contribution >= 4 is 11.0 Å². The second-order valence-corrected chi connectivity index (χ2v) is 5.69. The number of pyridine rings is 1. The number of hydrogen-bond donors (Lipinski definition) is 0. The predicted molar refractivity (Wildman–Crippen MR) is 96.4 cm³/mol. The Hall–Kier alpha value is -3.47. The van der Waals surface area contributed by atoms with Crippen molar-refractivity contribution in [3.63, 3.8) is 0 Å². The molecule has 0 unspecified atom stereocenters. The van der Waals surface area contributed by atoms with Gasteiger partial charge in [0.25, 0.3) is 5.56 Å². The van der Waals surface area contributed by atoms with Gasteiger partial charge in [0.2, 0.25) is 0 Å². The average Bonchev–Trinajstić information content (AvgIpc) is 2.65. The summed E-state index contributed by atoms with van der Waals surface area (Å²) in [5.74, 6) is -0.724. The van der Waals surface area contributed by atoms with E-state index in [1.807, 2.05) is 60.7 Å². The highest BCUT2D eigenvalue weighted by Gasteiger charge is 2.16. The van der Waals surface area contributed by atoms with Gasteiger partial charge in [-0.3, -0.25) is 4.79 Å². The van der Waals surface area contributed by atoms with Crippen LogP contribution in [-0.2, 0) is 7.05 Å². The summed E-state index contributed by atoms with van der Waals surface area (Å²) in [5, 5.41) is 0.299. The second-order valence-electron chi connectivity index (χ2n) is 5.69. The van der Waals surface area contributed by atoms with Crippen molar-refractivity contribution in [1.29, 1.82) is 0 Å². The molecule has 0 radical (unpaired) electrons. The summed E-state index contributed by atoms with van der Waals surface area (Å²) >= 11 is 0. The van der Waals surface area contributed by atoms with Crippen LogP contribution in [-0.4, -0.2) is 9.55 Å². The van der Waals surface area contributed by atoms with Crippen molar-refractivity contribution in [2.75, 3.05) is 0 Å². The molecule has 0 spiro atoms. The minimum Gasteiger partial charge on any atom is -0.408 e. The van der Waals surface area contributed by atoms with Gasteiger partial charge in [0.05, 0.1) is 11.4 Å². The molecule has 25 heavy (non-hydrogen) atoms. The Balaban J connectivity index is 2.11. The van der Waals surface area contributed by atoms with Crippen molar-refractivity contribution < 1.29 is 4.42 Å². The van der Waals surface area contributed by atoms with Gasteiger partial charge < -0.3 is 8.98 Å². The first-order valence-corrected chi connectivity index (χ1v) is 7.81. The highest BCUT2D eigenvalue weighted by molar-refractivity contribution is 5.91. The Bertz CT molecular complexity index is 1180. The SMILES string of the molecule is Cn1c(-c2ccccc2)cc2oc(=O)nc(-c3ccccc3)c2c1=O. The number of benzene rings is 2. The van der Waals surface area contributed by atoms with Crippen LogP contribution in [0.1, 0.15) is 0 Å².